The number of amides is 1. The smallest absolute Gasteiger partial charge is 0.412 e. The van der Waals surface area contributed by atoms with Crippen molar-refractivity contribution in [1.29, 1.82) is 0 Å². The summed E-state index contributed by atoms with van der Waals surface area (Å²) in [5.41, 5.74) is 0.786. The lowest BCUT2D eigenvalue weighted by Crippen LogP contribution is -2.18. The van der Waals surface area contributed by atoms with Crippen molar-refractivity contribution in [3.8, 4) is 27.2 Å². The minimum absolute atomic E-state index is 0.0883. The lowest BCUT2D eigenvalue weighted by molar-refractivity contribution is -0.0395. The zero-order chi connectivity index (χ0) is 21.6. The van der Waals surface area contributed by atoms with Gasteiger partial charge in [0.05, 0.1) is 13.2 Å². The monoisotopic (exact) mass is 444 g/mol. The van der Waals surface area contributed by atoms with Gasteiger partial charge in [-0.3, -0.25) is 5.32 Å². The summed E-state index contributed by atoms with van der Waals surface area (Å²) >= 11 is 1.42. The molecule has 0 bridgehead atoms. The molecule has 1 N–H and O–H groups in total. The first-order valence-corrected chi connectivity index (χ1v) is 11.1. The normalized spacial score (nSPS) is 16.1. The molecule has 31 heavy (non-hydrogen) atoms. The fourth-order valence-electron chi connectivity index (χ4n) is 3.16. The molecule has 1 amide bonds. The van der Waals surface area contributed by atoms with Crippen molar-refractivity contribution in [3.63, 3.8) is 0 Å². The van der Waals surface area contributed by atoms with Gasteiger partial charge in [-0.1, -0.05) is 0 Å². The van der Waals surface area contributed by atoms with Crippen molar-refractivity contribution in [2.24, 2.45) is 0 Å². The number of anilines is 1. The van der Waals surface area contributed by atoms with Gasteiger partial charge >= 0.3 is 6.09 Å². The summed E-state index contributed by atoms with van der Waals surface area (Å²) in [6.07, 6.45) is 5.75. The quantitative estimate of drug-likeness (QED) is 0.579. The Morgan fingerprint density at radius 1 is 1.32 bits per heavy atom. The number of rotatable bonds is 7. The standard InChI is InChI=1S/C20H24N6O4S/c1-3-28-18-16(17-22-12-26(25-17)15-7-5-6-10-30-15)31-19(24-18)13-8-9-21-14(11-13)23-20(27)29-4-2/h8-9,11-12,15H,3-7,10H2,1-2H3,(H,21,23,27). The maximum absolute atomic E-state index is 11.7. The molecule has 164 valence electrons. The maximum atomic E-state index is 11.7. The van der Waals surface area contributed by atoms with E-state index >= 15 is 0 Å². The van der Waals surface area contributed by atoms with Crippen LogP contribution in [0, 0.1) is 0 Å². The number of ether oxygens (including phenoxy) is 3. The SMILES string of the molecule is CCOC(=O)Nc1cc(-c2nc(OCC)c(-c3ncn(C4CCCCO4)n3)s2)ccn1. The van der Waals surface area contributed by atoms with Crippen LogP contribution in [-0.4, -0.2) is 50.6 Å². The van der Waals surface area contributed by atoms with E-state index in [9.17, 15) is 4.79 Å². The van der Waals surface area contributed by atoms with Crippen molar-refractivity contribution in [2.45, 2.75) is 39.3 Å². The average molecular weight is 445 g/mol. The third-order valence-corrected chi connectivity index (χ3v) is 5.63. The molecule has 1 fully saturated rings. The summed E-state index contributed by atoms with van der Waals surface area (Å²) in [5, 5.41) is 7.93. The Labute approximate surface area is 183 Å². The van der Waals surface area contributed by atoms with Crippen molar-refractivity contribution in [2.75, 3.05) is 25.1 Å². The number of thiazole rings is 1. The van der Waals surface area contributed by atoms with Crippen LogP contribution in [0.25, 0.3) is 21.3 Å². The highest BCUT2D eigenvalue weighted by Gasteiger charge is 2.22. The van der Waals surface area contributed by atoms with Crippen LogP contribution in [0.2, 0.25) is 0 Å². The van der Waals surface area contributed by atoms with E-state index in [1.807, 2.05) is 13.0 Å². The topological polar surface area (TPSA) is 113 Å². The predicted molar refractivity (Wildman–Crippen MR) is 115 cm³/mol. The van der Waals surface area contributed by atoms with Crippen LogP contribution in [-0.2, 0) is 9.47 Å². The molecule has 1 saturated heterocycles. The second-order valence-corrected chi connectivity index (χ2v) is 7.73. The lowest BCUT2D eigenvalue weighted by Gasteiger charge is -2.21. The molecule has 0 aliphatic carbocycles. The number of carbonyl (C=O) groups excluding carboxylic acids is 1. The number of carbonyl (C=O) groups is 1. The van der Waals surface area contributed by atoms with Gasteiger partial charge in [-0.2, -0.15) is 0 Å². The summed E-state index contributed by atoms with van der Waals surface area (Å²) in [6.45, 7) is 5.13. The molecule has 0 saturated carbocycles. The molecule has 3 aromatic rings. The molecule has 4 heterocycles. The first-order chi connectivity index (χ1) is 15.2. The molecule has 11 heteroatoms. The highest BCUT2D eigenvalue weighted by atomic mass is 32.1. The Balaban J connectivity index is 1.61. The Kier molecular flexibility index (Phi) is 6.73. The molecule has 0 aromatic carbocycles. The van der Waals surface area contributed by atoms with E-state index in [1.54, 1.807) is 30.2 Å². The summed E-state index contributed by atoms with van der Waals surface area (Å²) in [4.78, 5) is 25.7. The molecular weight excluding hydrogens is 420 g/mol. The minimum Gasteiger partial charge on any atom is -0.477 e. The van der Waals surface area contributed by atoms with E-state index in [1.165, 1.54) is 11.3 Å². The van der Waals surface area contributed by atoms with Gasteiger partial charge in [0.25, 0.3) is 0 Å². The van der Waals surface area contributed by atoms with Crippen molar-refractivity contribution in [3.05, 3.63) is 24.7 Å². The Morgan fingerprint density at radius 3 is 3.00 bits per heavy atom. The number of nitrogens with one attached hydrogen (secondary N) is 1. The van der Waals surface area contributed by atoms with Crippen LogP contribution in [0.15, 0.2) is 24.7 Å². The second kappa shape index (κ2) is 9.84. The Bertz CT molecular complexity index is 1030. The zero-order valence-corrected chi connectivity index (χ0v) is 18.2. The maximum Gasteiger partial charge on any atom is 0.412 e. The molecule has 0 spiro atoms. The van der Waals surface area contributed by atoms with Gasteiger partial charge in [0, 0.05) is 18.4 Å². The average Bonchev–Trinajstić information content (AvgIpc) is 3.42. The van der Waals surface area contributed by atoms with Gasteiger partial charge in [-0.15, -0.1) is 16.4 Å². The molecule has 0 radical (unpaired) electrons. The highest BCUT2D eigenvalue weighted by molar-refractivity contribution is 7.18. The fourth-order valence-corrected chi connectivity index (χ4v) is 4.10. The highest BCUT2D eigenvalue weighted by Crippen LogP contribution is 2.39. The van der Waals surface area contributed by atoms with Crippen LogP contribution < -0.4 is 10.1 Å². The molecule has 4 rings (SSSR count). The van der Waals surface area contributed by atoms with E-state index in [4.69, 9.17) is 14.2 Å². The number of pyridine rings is 1. The molecular formula is C20H24N6O4S. The predicted octanol–water partition coefficient (Wildman–Crippen LogP) is 4.13. The van der Waals surface area contributed by atoms with Gasteiger partial charge in [0.1, 0.15) is 22.0 Å². The van der Waals surface area contributed by atoms with Crippen molar-refractivity contribution < 1.29 is 19.0 Å². The largest absolute Gasteiger partial charge is 0.477 e. The minimum atomic E-state index is -0.554. The molecule has 3 aromatic heterocycles. The van der Waals surface area contributed by atoms with E-state index in [-0.39, 0.29) is 12.8 Å². The van der Waals surface area contributed by atoms with Gasteiger partial charge in [0.2, 0.25) is 5.88 Å². The van der Waals surface area contributed by atoms with Crippen LogP contribution in [0.1, 0.15) is 39.3 Å². The van der Waals surface area contributed by atoms with Gasteiger partial charge in [0.15, 0.2) is 12.1 Å². The summed E-state index contributed by atoms with van der Waals surface area (Å²) in [6, 6.07) is 3.55. The van der Waals surface area contributed by atoms with E-state index in [2.05, 4.69) is 25.4 Å². The van der Waals surface area contributed by atoms with Crippen molar-refractivity contribution >= 4 is 23.2 Å². The molecule has 1 aliphatic rings. The third-order valence-electron chi connectivity index (χ3n) is 4.55. The zero-order valence-electron chi connectivity index (χ0n) is 17.4. The van der Waals surface area contributed by atoms with Crippen LogP contribution >= 0.6 is 11.3 Å². The fraction of sp³-hybridized carbons (Fsp3) is 0.450. The van der Waals surface area contributed by atoms with E-state index in [0.717, 1.165) is 36.3 Å². The first-order valence-electron chi connectivity index (χ1n) is 10.2. The van der Waals surface area contributed by atoms with Crippen LogP contribution in [0.4, 0.5) is 10.6 Å². The first kappa shape index (κ1) is 21.2. The van der Waals surface area contributed by atoms with Gasteiger partial charge in [-0.25, -0.2) is 24.4 Å². The van der Waals surface area contributed by atoms with Crippen LogP contribution in [0.3, 0.4) is 0 Å². The number of aromatic nitrogens is 5. The summed E-state index contributed by atoms with van der Waals surface area (Å²) in [7, 11) is 0. The van der Waals surface area contributed by atoms with Gasteiger partial charge in [-0.05, 0) is 45.2 Å². The molecule has 10 nitrogen and oxygen atoms in total. The number of hydrogen-bond acceptors (Lipinski definition) is 9. The van der Waals surface area contributed by atoms with E-state index < -0.39 is 6.09 Å². The molecule has 1 aliphatic heterocycles. The summed E-state index contributed by atoms with van der Waals surface area (Å²) < 4.78 is 18.2. The Hall–Kier alpha value is -3.05. The molecule has 1 atom stereocenters. The third kappa shape index (κ3) is 5.00. The number of hydrogen-bond donors (Lipinski definition) is 1. The van der Waals surface area contributed by atoms with Gasteiger partial charge < -0.3 is 14.2 Å². The number of nitrogens with zero attached hydrogens (tertiary/aromatic N) is 5. The summed E-state index contributed by atoms with van der Waals surface area (Å²) in [5.74, 6) is 1.39. The molecule has 1 unspecified atom stereocenters. The van der Waals surface area contributed by atoms with Crippen LogP contribution in [0.5, 0.6) is 5.88 Å². The van der Waals surface area contributed by atoms with Crippen molar-refractivity contribution in [1.82, 2.24) is 24.7 Å². The lowest BCUT2D eigenvalue weighted by atomic mass is 10.2. The second-order valence-electron chi connectivity index (χ2n) is 6.73. The van der Waals surface area contributed by atoms with E-state index in [0.29, 0.717) is 29.1 Å². The Morgan fingerprint density at radius 2 is 2.23 bits per heavy atom.